The van der Waals surface area contributed by atoms with Gasteiger partial charge in [-0.3, -0.25) is 4.79 Å². The molecule has 0 unspecified atom stereocenters. The zero-order chi connectivity index (χ0) is 13.2. The highest BCUT2D eigenvalue weighted by Gasteiger charge is 2.18. The minimum Gasteiger partial charge on any atom is -0.378 e. The normalized spacial score (nSPS) is 15.7. The molecule has 0 atom stereocenters. The number of fused-ring (bicyclic) bond motifs is 1. The van der Waals surface area contributed by atoms with Crippen molar-refractivity contribution < 1.29 is 9.53 Å². The van der Waals surface area contributed by atoms with Crippen LogP contribution in [0.5, 0.6) is 0 Å². The standard InChI is InChI=1S/C15H14BrNO2/c16-14-4-3-11-9-13(2-1-12(11)10-14)15(18)17-5-7-19-8-6-17/h1-4,9-10H,5-8H2. The fourth-order valence-corrected chi connectivity index (χ4v) is 2.68. The maximum Gasteiger partial charge on any atom is 0.254 e. The molecule has 3 rings (SSSR count). The summed E-state index contributed by atoms with van der Waals surface area (Å²) in [5.74, 6) is 0.0909. The van der Waals surface area contributed by atoms with Crippen LogP contribution >= 0.6 is 15.9 Å². The molecule has 2 aromatic carbocycles. The molecule has 0 bridgehead atoms. The van der Waals surface area contributed by atoms with Crippen molar-refractivity contribution in [3.8, 4) is 0 Å². The van der Waals surface area contributed by atoms with E-state index < -0.39 is 0 Å². The van der Waals surface area contributed by atoms with E-state index >= 15 is 0 Å². The van der Waals surface area contributed by atoms with Crippen LogP contribution in [0.25, 0.3) is 10.8 Å². The predicted molar refractivity (Wildman–Crippen MR) is 78.4 cm³/mol. The van der Waals surface area contributed by atoms with Crippen molar-refractivity contribution in [2.24, 2.45) is 0 Å². The van der Waals surface area contributed by atoms with E-state index in [-0.39, 0.29) is 5.91 Å². The van der Waals surface area contributed by atoms with Crippen LogP contribution in [0.15, 0.2) is 40.9 Å². The number of amides is 1. The first-order chi connectivity index (χ1) is 9.24. The molecule has 2 aromatic rings. The molecule has 3 nitrogen and oxygen atoms in total. The van der Waals surface area contributed by atoms with E-state index in [1.807, 2.05) is 35.2 Å². The predicted octanol–water partition coefficient (Wildman–Crippen LogP) is 3.07. The van der Waals surface area contributed by atoms with E-state index in [1.54, 1.807) is 0 Å². The summed E-state index contributed by atoms with van der Waals surface area (Å²) in [7, 11) is 0. The maximum absolute atomic E-state index is 12.4. The van der Waals surface area contributed by atoms with E-state index in [1.165, 1.54) is 0 Å². The number of benzene rings is 2. The number of ether oxygens (including phenoxy) is 1. The molecule has 0 aromatic heterocycles. The zero-order valence-electron chi connectivity index (χ0n) is 10.4. The van der Waals surface area contributed by atoms with Crippen molar-refractivity contribution in [2.45, 2.75) is 0 Å². The number of hydrogen-bond acceptors (Lipinski definition) is 2. The molecule has 1 heterocycles. The minimum absolute atomic E-state index is 0.0909. The van der Waals surface area contributed by atoms with Gasteiger partial charge in [-0.2, -0.15) is 0 Å². The molecule has 1 amide bonds. The van der Waals surface area contributed by atoms with Crippen LogP contribution in [-0.2, 0) is 4.74 Å². The van der Waals surface area contributed by atoms with Crippen molar-refractivity contribution in [1.82, 2.24) is 4.90 Å². The summed E-state index contributed by atoms with van der Waals surface area (Å²) < 4.78 is 6.32. The third kappa shape index (κ3) is 2.65. The second kappa shape index (κ2) is 5.31. The van der Waals surface area contributed by atoms with Crippen molar-refractivity contribution in [3.05, 3.63) is 46.4 Å². The van der Waals surface area contributed by atoms with Gasteiger partial charge in [0.05, 0.1) is 13.2 Å². The molecule has 1 aliphatic heterocycles. The van der Waals surface area contributed by atoms with Crippen LogP contribution in [0.3, 0.4) is 0 Å². The molecule has 4 heteroatoms. The molecule has 1 fully saturated rings. The third-order valence-electron chi connectivity index (χ3n) is 3.35. The van der Waals surface area contributed by atoms with Crippen LogP contribution in [0, 0.1) is 0 Å². The van der Waals surface area contributed by atoms with Gasteiger partial charge in [-0.15, -0.1) is 0 Å². The molecular weight excluding hydrogens is 306 g/mol. The first-order valence-corrected chi connectivity index (χ1v) is 7.10. The second-order valence-corrected chi connectivity index (χ2v) is 5.53. The Hall–Kier alpha value is -1.39. The second-order valence-electron chi connectivity index (χ2n) is 4.61. The molecular formula is C15H14BrNO2. The van der Waals surface area contributed by atoms with Gasteiger partial charge in [0, 0.05) is 23.1 Å². The summed E-state index contributed by atoms with van der Waals surface area (Å²) in [5, 5.41) is 2.22. The van der Waals surface area contributed by atoms with E-state index in [4.69, 9.17) is 4.74 Å². The summed E-state index contributed by atoms with van der Waals surface area (Å²) in [6.07, 6.45) is 0. The Labute approximate surface area is 120 Å². The summed E-state index contributed by atoms with van der Waals surface area (Å²) in [4.78, 5) is 14.2. The Balaban J connectivity index is 1.92. The van der Waals surface area contributed by atoms with Crippen molar-refractivity contribution in [3.63, 3.8) is 0 Å². The third-order valence-corrected chi connectivity index (χ3v) is 3.84. The number of rotatable bonds is 1. The highest BCUT2D eigenvalue weighted by molar-refractivity contribution is 9.10. The topological polar surface area (TPSA) is 29.5 Å². The van der Waals surface area contributed by atoms with Gasteiger partial charge < -0.3 is 9.64 Å². The van der Waals surface area contributed by atoms with Crippen LogP contribution < -0.4 is 0 Å². The monoisotopic (exact) mass is 319 g/mol. The zero-order valence-corrected chi connectivity index (χ0v) is 12.0. The van der Waals surface area contributed by atoms with Crippen molar-refractivity contribution >= 4 is 32.6 Å². The lowest BCUT2D eigenvalue weighted by molar-refractivity contribution is 0.0303. The summed E-state index contributed by atoms with van der Waals surface area (Å²) in [6.45, 7) is 2.62. The molecule has 0 spiro atoms. The van der Waals surface area contributed by atoms with E-state index in [0.717, 1.165) is 20.8 Å². The highest BCUT2D eigenvalue weighted by Crippen LogP contribution is 2.21. The highest BCUT2D eigenvalue weighted by atomic mass is 79.9. The Kier molecular flexibility index (Phi) is 3.53. The van der Waals surface area contributed by atoms with E-state index in [0.29, 0.717) is 26.3 Å². The van der Waals surface area contributed by atoms with Crippen LogP contribution in [0.4, 0.5) is 0 Å². The van der Waals surface area contributed by atoms with Gasteiger partial charge in [-0.25, -0.2) is 0 Å². The average molecular weight is 320 g/mol. The molecule has 0 N–H and O–H groups in total. The summed E-state index contributed by atoms with van der Waals surface area (Å²) in [6, 6.07) is 11.9. The Morgan fingerprint density at radius 2 is 1.74 bits per heavy atom. The lowest BCUT2D eigenvalue weighted by Gasteiger charge is -2.26. The number of hydrogen-bond donors (Lipinski definition) is 0. The average Bonchev–Trinajstić information content (AvgIpc) is 2.47. The fourth-order valence-electron chi connectivity index (χ4n) is 2.30. The minimum atomic E-state index is 0.0909. The van der Waals surface area contributed by atoms with Crippen LogP contribution in [0.2, 0.25) is 0 Å². The SMILES string of the molecule is O=C(c1ccc2cc(Br)ccc2c1)N1CCOCC1. The van der Waals surface area contributed by atoms with Gasteiger partial charge in [0.15, 0.2) is 0 Å². The Morgan fingerprint density at radius 3 is 2.53 bits per heavy atom. The molecule has 19 heavy (non-hydrogen) atoms. The van der Waals surface area contributed by atoms with Gasteiger partial charge in [0.1, 0.15) is 0 Å². The molecule has 1 saturated heterocycles. The smallest absolute Gasteiger partial charge is 0.254 e. The Bertz CT molecular complexity index is 621. The van der Waals surface area contributed by atoms with Gasteiger partial charge in [0.2, 0.25) is 0 Å². The molecule has 0 aliphatic carbocycles. The van der Waals surface area contributed by atoms with E-state index in [2.05, 4.69) is 22.0 Å². The molecule has 98 valence electrons. The number of carbonyl (C=O) groups excluding carboxylic acids is 1. The lowest BCUT2D eigenvalue weighted by Crippen LogP contribution is -2.40. The van der Waals surface area contributed by atoms with Crippen LogP contribution in [0.1, 0.15) is 10.4 Å². The van der Waals surface area contributed by atoms with Gasteiger partial charge in [-0.05, 0) is 35.0 Å². The summed E-state index contributed by atoms with van der Waals surface area (Å²) >= 11 is 3.45. The number of halogens is 1. The Morgan fingerprint density at radius 1 is 1.05 bits per heavy atom. The van der Waals surface area contributed by atoms with Gasteiger partial charge in [0.25, 0.3) is 5.91 Å². The molecule has 0 radical (unpaired) electrons. The van der Waals surface area contributed by atoms with Gasteiger partial charge >= 0.3 is 0 Å². The summed E-state index contributed by atoms with van der Waals surface area (Å²) in [5.41, 5.74) is 0.747. The number of morpholine rings is 1. The van der Waals surface area contributed by atoms with E-state index in [9.17, 15) is 4.79 Å². The number of carbonyl (C=O) groups is 1. The largest absolute Gasteiger partial charge is 0.378 e. The molecule has 1 aliphatic rings. The first-order valence-electron chi connectivity index (χ1n) is 6.30. The lowest BCUT2D eigenvalue weighted by atomic mass is 10.1. The quantitative estimate of drug-likeness (QED) is 0.808. The van der Waals surface area contributed by atoms with Crippen LogP contribution in [-0.4, -0.2) is 37.1 Å². The van der Waals surface area contributed by atoms with Gasteiger partial charge in [-0.1, -0.05) is 28.1 Å². The maximum atomic E-state index is 12.4. The van der Waals surface area contributed by atoms with Crippen molar-refractivity contribution in [2.75, 3.05) is 26.3 Å². The van der Waals surface area contributed by atoms with Crippen molar-refractivity contribution in [1.29, 1.82) is 0 Å². The fraction of sp³-hybridized carbons (Fsp3) is 0.267. The number of nitrogens with zero attached hydrogens (tertiary/aromatic N) is 1. The molecule has 0 saturated carbocycles. The first kappa shape index (κ1) is 12.6.